The van der Waals surface area contributed by atoms with Crippen LogP contribution in [0.5, 0.6) is 11.5 Å². The van der Waals surface area contributed by atoms with Crippen LogP contribution >= 0.6 is 0 Å². The van der Waals surface area contributed by atoms with Gasteiger partial charge in [-0.2, -0.15) is 0 Å². The van der Waals surface area contributed by atoms with E-state index in [1.54, 1.807) is 31.2 Å². The van der Waals surface area contributed by atoms with Gasteiger partial charge in [0.25, 0.3) is 15.9 Å². The highest BCUT2D eigenvalue weighted by Gasteiger charge is 2.18. The largest absolute Gasteiger partial charge is 0.494 e. The summed E-state index contributed by atoms with van der Waals surface area (Å²) in [6, 6.07) is 18.3. The van der Waals surface area contributed by atoms with Crippen molar-refractivity contribution in [2.24, 2.45) is 0 Å². The number of amides is 1. The van der Waals surface area contributed by atoms with Gasteiger partial charge in [-0.15, -0.1) is 0 Å². The maximum absolute atomic E-state index is 12.7. The Hall–Kier alpha value is -3.52. The maximum atomic E-state index is 12.7. The molecule has 0 heterocycles. The molecule has 3 aromatic carbocycles. The van der Waals surface area contributed by atoms with E-state index in [-0.39, 0.29) is 10.8 Å². The summed E-state index contributed by atoms with van der Waals surface area (Å²) < 4.78 is 39.0. The molecule has 0 radical (unpaired) electrons. The molecule has 8 heteroatoms. The van der Waals surface area contributed by atoms with Crippen molar-refractivity contribution in [1.29, 1.82) is 0 Å². The molecule has 0 aromatic heterocycles. The molecular weight excluding hydrogens is 440 g/mol. The van der Waals surface area contributed by atoms with Gasteiger partial charge in [0, 0.05) is 11.4 Å². The summed E-state index contributed by atoms with van der Waals surface area (Å²) >= 11 is 0. The van der Waals surface area contributed by atoms with E-state index in [0.717, 1.165) is 11.1 Å². The Labute approximate surface area is 194 Å². The molecule has 0 aliphatic rings. The highest BCUT2D eigenvalue weighted by atomic mass is 32.2. The van der Waals surface area contributed by atoms with Crippen molar-refractivity contribution in [2.75, 3.05) is 16.6 Å². The first-order chi connectivity index (χ1) is 15.7. The first-order valence-electron chi connectivity index (χ1n) is 10.6. The lowest BCUT2D eigenvalue weighted by Gasteiger charge is -2.17. The first-order valence-corrected chi connectivity index (χ1v) is 12.1. The van der Waals surface area contributed by atoms with E-state index in [4.69, 9.17) is 9.47 Å². The molecule has 33 heavy (non-hydrogen) atoms. The molecule has 3 rings (SSSR count). The second-order valence-corrected chi connectivity index (χ2v) is 9.22. The fourth-order valence-electron chi connectivity index (χ4n) is 3.06. The lowest BCUT2D eigenvalue weighted by atomic mass is 10.1. The van der Waals surface area contributed by atoms with Gasteiger partial charge in [-0.05, 0) is 93.4 Å². The number of ether oxygens (including phenoxy) is 2. The second kappa shape index (κ2) is 10.4. The van der Waals surface area contributed by atoms with Gasteiger partial charge in [0.2, 0.25) is 0 Å². The third kappa shape index (κ3) is 6.26. The monoisotopic (exact) mass is 468 g/mol. The highest BCUT2D eigenvalue weighted by molar-refractivity contribution is 7.92. The van der Waals surface area contributed by atoms with E-state index in [0.29, 0.717) is 29.5 Å². The maximum Gasteiger partial charge on any atom is 0.265 e. The van der Waals surface area contributed by atoms with Gasteiger partial charge >= 0.3 is 0 Å². The number of benzene rings is 3. The van der Waals surface area contributed by atoms with E-state index < -0.39 is 16.1 Å². The molecule has 1 atom stereocenters. The van der Waals surface area contributed by atoms with Crippen molar-refractivity contribution in [3.05, 3.63) is 77.9 Å². The molecule has 1 amide bonds. The minimum atomic E-state index is -3.78. The van der Waals surface area contributed by atoms with Crippen LogP contribution in [0.2, 0.25) is 0 Å². The van der Waals surface area contributed by atoms with Crippen LogP contribution in [0.1, 0.15) is 25.0 Å². The fraction of sp³-hybridized carbons (Fsp3) is 0.240. The molecule has 174 valence electrons. The Morgan fingerprint density at radius 2 is 1.58 bits per heavy atom. The molecule has 0 saturated carbocycles. The lowest BCUT2D eigenvalue weighted by molar-refractivity contribution is -0.122. The van der Waals surface area contributed by atoms with Crippen LogP contribution in [-0.2, 0) is 14.8 Å². The van der Waals surface area contributed by atoms with E-state index in [1.807, 2.05) is 39.0 Å². The predicted octanol–water partition coefficient (Wildman–Crippen LogP) is 4.91. The van der Waals surface area contributed by atoms with Crippen LogP contribution in [0.25, 0.3) is 0 Å². The topological polar surface area (TPSA) is 93.7 Å². The van der Waals surface area contributed by atoms with Gasteiger partial charge in [0.1, 0.15) is 11.5 Å². The number of aryl methyl sites for hydroxylation is 1. The summed E-state index contributed by atoms with van der Waals surface area (Å²) in [6.45, 7) is 7.99. The van der Waals surface area contributed by atoms with Crippen LogP contribution in [0.4, 0.5) is 11.4 Å². The third-order valence-corrected chi connectivity index (χ3v) is 6.47. The van der Waals surface area contributed by atoms with Crippen molar-refractivity contribution in [3.8, 4) is 11.5 Å². The van der Waals surface area contributed by atoms with Gasteiger partial charge < -0.3 is 14.8 Å². The van der Waals surface area contributed by atoms with E-state index in [1.165, 1.54) is 24.3 Å². The molecule has 0 unspecified atom stereocenters. The SMILES string of the molecule is CCOc1ccc(NS(=O)(=O)c2ccc(NC(=O)[C@H](C)Oc3cccc(C)c3C)cc2)cc1. The molecule has 0 aliphatic carbocycles. The third-order valence-electron chi connectivity index (χ3n) is 5.08. The van der Waals surface area contributed by atoms with Gasteiger partial charge in [0.05, 0.1) is 11.5 Å². The minimum absolute atomic E-state index is 0.0778. The standard InChI is InChI=1S/C25H28N2O5S/c1-5-31-22-13-9-21(10-14-22)27-33(29,30)23-15-11-20(12-16-23)26-25(28)19(4)32-24-8-6-7-17(2)18(24)3/h6-16,19,27H,5H2,1-4H3,(H,26,28)/t19-/m0/s1. The number of anilines is 2. The normalized spacial score (nSPS) is 12.0. The molecule has 7 nitrogen and oxygen atoms in total. The number of nitrogens with one attached hydrogen (secondary N) is 2. The summed E-state index contributed by atoms with van der Waals surface area (Å²) in [5.74, 6) is 0.981. The lowest BCUT2D eigenvalue weighted by Crippen LogP contribution is -2.30. The molecule has 0 aliphatic heterocycles. The number of carbonyl (C=O) groups is 1. The van der Waals surface area contributed by atoms with Crippen molar-refractivity contribution in [2.45, 2.75) is 38.7 Å². The number of carbonyl (C=O) groups excluding carboxylic acids is 1. The fourth-order valence-corrected chi connectivity index (χ4v) is 4.12. The van der Waals surface area contributed by atoms with Crippen LogP contribution in [0.15, 0.2) is 71.6 Å². The Morgan fingerprint density at radius 3 is 2.21 bits per heavy atom. The van der Waals surface area contributed by atoms with Gasteiger partial charge in [-0.3, -0.25) is 9.52 Å². The molecule has 0 bridgehead atoms. The Morgan fingerprint density at radius 1 is 0.939 bits per heavy atom. The molecule has 3 aromatic rings. The Bertz CT molecular complexity index is 1210. The van der Waals surface area contributed by atoms with Gasteiger partial charge in [0.15, 0.2) is 6.10 Å². The Balaban J connectivity index is 1.62. The summed E-state index contributed by atoms with van der Waals surface area (Å²) in [7, 11) is -3.78. The van der Waals surface area contributed by atoms with Gasteiger partial charge in [-0.1, -0.05) is 12.1 Å². The molecule has 0 saturated heterocycles. The van der Waals surface area contributed by atoms with Crippen molar-refractivity contribution in [3.63, 3.8) is 0 Å². The van der Waals surface area contributed by atoms with Crippen LogP contribution in [0.3, 0.4) is 0 Å². The van der Waals surface area contributed by atoms with E-state index >= 15 is 0 Å². The predicted molar refractivity (Wildman–Crippen MR) is 129 cm³/mol. The Kier molecular flexibility index (Phi) is 7.60. The average molecular weight is 469 g/mol. The second-order valence-electron chi connectivity index (χ2n) is 7.53. The molecule has 2 N–H and O–H groups in total. The van der Waals surface area contributed by atoms with Crippen molar-refractivity contribution in [1.82, 2.24) is 0 Å². The minimum Gasteiger partial charge on any atom is -0.494 e. The summed E-state index contributed by atoms with van der Waals surface area (Å²) in [4.78, 5) is 12.6. The zero-order valence-corrected chi connectivity index (χ0v) is 19.9. The van der Waals surface area contributed by atoms with E-state index in [2.05, 4.69) is 10.0 Å². The first kappa shape index (κ1) is 24.1. The van der Waals surface area contributed by atoms with Crippen molar-refractivity contribution >= 4 is 27.3 Å². The average Bonchev–Trinajstić information content (AvgIpc) is 2.78. The summed E-state index contributed by atoms with van der Waals surface area (Å²) in [6.07, 6.45) is -0.727. The highest BCUT2D eigenvalue weighted by Crippen LogP contribution is 2.23. The smallest absolute Gasteiger partial charge is 0.265 e. The van der Waals surface area contributed by atoms with Crippen LogP contribution in [0, 0.1) is 13.8 Å². The number of sulfonamides is 1. The summed E-state index contributed by atoms with van der Waals surface area (Å²) in [5.41, 5.74) is 2.95. The quantitative estimate of drug-likeness (QED) is 0.465. The molecule has 0 fully saturated rings. The van der Waals surface area contributed by atoms with Crippen LogP contribution < -0.4 is 19.5 Å². The van der Waals surface area contributed by atoms with Crippen molar-refractivity contribution < 1.29 is 22.7 Å². The zero-order chi connectivity index (χ0) is 24.0. The number of rotatable bonds is 9. The molecule has 0 spiro atoms. The van der Waals surface area contributed by atoms with Gasteiger partial charge in [-0.25, -0.2) is 8.42 Å². The zero-order valence-electron chi connectivity index (χ0n) is 19.1. The van der Waals surface area contributed by atoms with E-state index in [9.17, 15) is 13.2 Å². The molecular formula is C25H28N2O5S. The number of hydrogen-bond acceptors (Lipinski definition) is 5. The number of hydrogen-bond donors (Lipinski definition) is 2. The summed E-state index contributed by atoms with van der Waals surface area (Å²) in [5, 5.41) is 2.75. The van der Waals surface area contributed by atoms with Crippen LogP contribution in [-0.4, -0.2) is 27.0 Å².